The van der Waals surface area contributed by atoms with Gasteiger partial charge in [-0.3, -0.25) is 15.1 Å². The van der Waals surface area contributed by atoms with Crippen molar-refractivity contribution in [2.24, 2.45) is 5.84 Å². The van der Waals surface area contributed by atoms with E-state index < -0.39 is 0 Å². The Morgan fingerprint density at radius 3 is 3.29 bits per heavy atom. The van der Waals surface area contributed by atoms with E-state index in [0.717, 1.165) is 30.4 Å². The van der Waals surface area contributed by atoms with Gasteiger partial charge in [-0.05, 0) is 13.0 Å². The second kappa shape index (κ2) is 5.57. The number of carbonyl (C=O) groups excluding carboxylic acids is 1. The lowest BCUT2D eigenvalue weighted by Gasteiger charge is -2.32. The van der Waals surface area contributed by atoms with E-state index in [1.54, 1.807) is 6.07 Å². The Morgan fingerprint density at radius 2 is 2.59 bits per heavy atom. The van der Waals surface area contributed by atoms with Crippen LogP contribution in [0.1, 0.15) is 23.0 Å². The van der Waals surface area contributed by atoms with Crippen molar-refractivity contribution in [2.45, 2.75) is 19.5 Å². The smallest absolute Gasteiger partial charge is 0.268 e. The molecular formula is C11H17N3O2S. The Bertz CT molecular complexity index is 394. The van der Waals surface area contributed by atoms with Crippen LogP contribution >= 0.6 is 11.8 Å². The number of carbonyl (C=O) groups is 1. The van der Waals surface area contributed by atoms with E-state index in [2.05, 4.69) is 17.2 Å². The molecule has 6 heteroatoms. The van der Waals surface area contributed by atoms with Crippen LogP contribution in [-0.2, 0) is 6.54 Å². The minimum absolute atomic E-state index is 0.317. The third-order valence-electron chi connectivity index (χ3n) is 2.91. The number of hydrazine groups is 1. The van der Waals surface area contributed by atoms with Gasteiger partial charge in [0.2, 0.25) is 0 Å². The number of rotatable bonds is 3. The average molecular weight is 255 g/mol. The minimum Gasteiger partial charge on any atom is -0.467 e. The third kappa shape index (κ3) is 3.02. The van der Waals surface area contributed by atoms with E-state index in [9.17, 15) is 4.79 Å². The van der Waals surface area contributed by atoms with E-state index in [1.165, 1.54) is 6.26 Å². The molecular weight excluding hydrogens is 238 g/mol. The quantitative estimate of drug-likeness (QED) is 0.475. The molecule has 94 valence electrons. The maximum absolute atomic E-state index is 11.3. The number of nitrogens with one attached hydrogen (secondary N) is 1. The summed E-state index contributed by atoms with van der Waals surface area (Å²) in [5, 5.41) is 0. The molecule has 1 aromatic heterocycles. The van der Waals surface area contributed by atoms with Crippen molar-refractivity contribution in [3.8, 4) is 0 Å². The molecule has 1 fully saturated rings. The van der Waals surface area contributed by atoms with Crippen molar-refractivity contribution in [2.75, 3.05) is 18.1 Å². The molecule has 1 aliphatic rings. The molecule has 0 aliphatic carbocycles. The van der Waals surface area contributed by atoms with Gasteiger partial charge in [0.1, 0.15) is 12.0 Å². The predicted molar refractivity (Wildman–Crippen MR) is 67.6 cm³/mol. The van der Waals surface area contributed by atoms with Crippen LogP contribution in [0.5, 0.6) is 0 Å². The van der Waals surface area contributed by atoms with Crippen LogP contribution in [0.4, 0.5) is 0 Å². The van der Waals surface area contributed by atoms with Gasteiger partial charge in [0.05, 0.1) is 12.1 Å². The lowest BCUT2D eigenvalue weighted by atomic mass is 10.2. The summed E-state index contributed by atoms with van der Waals surface area (Å²) < 4.78 is 5.37. The molecule has 5 nitrogen and oxygen atoms in total. The topological polar surface area (TPSA) is 71.5 Å². The Labute approximate surface area is 105 Å². The summed E-state index contributed by atoms with van der Waals surface area (Å²) in [7, 11) is 0. The average Bonchev–Trinajstić information content (AvgIpc) is 2.80. The van der Waals surface area contributed by atoms with Crippen molar-refractivity contribution in [1.82, 2.24) is 10.3 Å². The number of nitrogens with two attached hydrogens (primary N) is 1. The van der Waals surface area contributed by atoms with Crippen molar-refractivity contribution in [1.29, 1.82) is 0 Å². The van der Waals surface area contributed by atoms with Gasteiger partial charge >= 0.3 is 0 Å². The highest BCUT2D eigenvalue weighted by molar-refractivity contribution is 7.99. The predicted octanol–water partition coefficient (Wildman–Crippen LogP) is 0.820. The maximum atomic E-state index is 11.3. The highest BCUT2D eigenvalue weighted by Gasteiger charge is 2.20. The Hall–Kier alpha value is -0.980. The monoisotopic (exact) mass is 255 g/mol. The van der Waals surface area contributed by atoms with Gasteiger partial charge in [-0.1, -0.05) is 0 Å². The molecule has 1 aliphatic heterocycles. The summed E-state index contributed by atoms with van der Waals surface area (Å²) in [4.78, 5) is 13.6. The van der Waals surface area contributed by atoms with Crippen LogP contribution in [0.2, 0.25) is 0 Å². The summed E-state index contributed by atoms with van der Waals surface area (Å²) >= 11 is 1.98. The van der Waals surface area contributed by atoms with E-state index in [1.807, 2.05) is 11.8 Å². The molecule has 0 radical (unpaired) electrons. The number of hydrogen-bond acceptors (Lipinski definition) is 5. The van der Waals surface area contributed by atoms with Crippen molar-refractivity contribution >= 4 is 17.7 Å². The molecule has 0 saturated carbocycles. The Kier molecular flexibility index (Phi) is 4.09. The van der Waals surface area contributed by atoms with E-state index >= 15 is 0 Å². The molecule has 2 heterocycles. The zero-order valence-electron chi connectivity index (χ0n) is 9.81. The van der Waals surface area contributed by atoms with Crippen molar-refractivity contribution in [3.05, 3.63) is 23.7 Å². The Balaban J connectivity index is 1.98. The maximum Gasteiger partial charge on any atom is 0.268 e. The first kappa shape index (κ1) is 12.5. The summed E-state index contributed by atoms with van der Waals surface area (Å²) in [6, 6.07) is 2.29. The van der Waals surface area contributed by atoms with Crippen LogP contribution in [0.3, 0.4) is 0 Å². The van der Waals surface area contributed by atoms with E-state index in [0.29, 0.717) is 11.6 Å². The molecule has 0 bridgehead atoms. The molecule has 1 atom stereocenters. The van der Waals surface area contributed by atoms with Crippen LogP contribution in [0.25, 0.3) is 0 Å². The fourth-order valence-electron chi connectivity index (χ4n) is 1.86. The molecule has 17 heavy (non-hydrogen) atoms. The van der Waals surface area contributed by atoms with Crippen molar-refractivity contribution in [3.63, 3.8) is 0 Å². The van der Waals surface area contributed by atoms with E-state index in [4.69, 9.17) is 10.3 Å². The molecule has 0 spiro atoms. The standard InChI is InChI=1S/C11H17N3O2S/c1-8-7-17-3-2-14(8)5-10-4-9(6-16-10)11(15)13-12/h4,6,8H,2-3,5,7,12H2,1H3,(H,13,15). The first-order chi connectivity index (χ1) is 8.20. The van der Waals surface area contributed by atoms with Gasteiger partial charge in [-0.25, -0.2) is 5.84 Å². The van der Waals surface area contributed by atoms with Crippen LogP contribution in [0, 0.1) is 0 Å². The molecule has 2 rings (SSSR count). The van der Waals surface area contributed by atoms with Crippen LogP contribution in [-0.4, -0.2) is 34.9 Å². The van der Waals surface area contributed by atoms with Crippen molar-refractivity contribution < 1.29 is 9.21 Å². The minimum atomic E-state index is -0.317. The second-order valence-corrected chi connectivity index (χ2v) is 5.32. The summed E-state index contributed by atoms with van der Waals surface area (Å²) in [5.41, 5.74) is 2.56. The normalized spacial score (nSPS) is 21.4. The lowest BCUT2D eigenvalue weighted by molar-refractivity contribution is 0.0953. The zero-order valence-corrected chi connectivity index (χ0v) is 10.6. The molecule has 3 N–H and O–H groups in total. The molecule has 0 aromatic carbocycles. The summed E-state index contributed by atoms with van der Waals surface area (Å²) in [6.07, 6.45) is 1.45. The number of nitrogen functional groups attached to an aromatic ring is 1. The highest BCUT2D eigenvalue weighted by Crippen LogP contribution is 2.19. The van der Waals surface area contributed by atoms with E-state index in [-0.39, 0.29) is 5.91 Å². The van der Waals surface area contributed by atoms with Gasteiger partial charge < -0.3 is 4.42 Å². The third-order valence-corrected chi connectivity index (χ3v) is 4.10. The van der Waals surface area contributed by atoms with Crippen LogP contribution < -0.4 is 11.3 Å². The van der Waals surface area contributed by atoms with Gasteiger partial charge in [0.15, 0.2) is 0 Å². The molecule has 1 aromatic rings. The number of hydrogen-bond donors (Lipinski definition) is 2. The number of nitrogens with zero attached hydrogens (tertiary/aromatic N) is 1. The van der Waals surface area contributed by atoms with Gasteiger partial charge in [0, 0.05) is 24.1 Å². The van der Waals surface area contributed by atoms with Gasteiger partial charge in [-0.15, -0.1) is 0 Å². The number of thioether (sulfide) groups is 1. The SMILES string of the molecule is CC1CSCCN1Cc1cc(C(=O)NN)co1. The van der Waals surface area contributed by atoms with Gasteiger partial charge in [0.25, 0.3) is 5.91 Å². The largest absolute Gasteiger partial charge is 0.467 e. The molecule has 1 saturated heterocycles. The summed E-state index contributed by atoms with van der Waals surface area (Å²) in [6.45, 7) is 4.02. The Morgan fingerprint density at radius 1 is 1.76 bits per heavy atom. The first-order valence-corrected chi connectivity index (χ1v) is 6.76. The van der Waals surface area contributed by atoms with Crippen LogP contribution in [0.15, 0.2) is 16.7 Å². The fraction of sp³-hybridized carbons (Fsp3) is 0.545. The molecule has 1 amide bonds. The lowest BCUT2D eigenvalue weighted by Crippen LogP contribution is -2.39. The second-order valence-electron chi connectivity index (χ2n) is 4.17. The zero-order chi connectivity index (χ0) is 12.3. The fourth-order valence-corrected chi connectivity index (χ4v) is 2.94. The number of amides is 1. The molecule has 1 unspecified atom stereocenters. The summed E-state index contributed by atoms with van der Waals surface area (Å²) in [5.74, 6) is 7.86. The first-order valence-electron chi connectivity index (χ1n) is 5.61. The highest BCUT2D eigenvalue weighted by atomic mass is 32.2. The van der Waals surface area contributed by atoms with Gasteiger partial charge in [-0.2, -0.15) is 11.8 Å². The number of furan rings is 1.